The predicted octanol–water partition coefficient (Wildman–Crippen LogP) is 5.46. The van der Waals surface area contributed by atoms with E-state index in [1.165, 1.54) is 17.2 Å². The van der Waals surface area contributed by atoms with Gasteiger partial charge in [-0.05, 0) is 37.1 Å². The molecular formula is C16H17BrFN. The Bertz CT molecular complexity index is 551. The summed E-state index contributed by atoms with van der Waals surface area (Å²) < 4.78 is 14.6. The van der Waals surface area contributed by atoms with E-state index in [1.807, 2.05) is 0 Å². The van der Waals surface area contributed by atoms with Crippen molar-refractivity contribution in [3.05, 3.63) is 63.9 Å². The first kappa shape index (κ1) is 14.1. The molecule has 2 aromatic carbocycles. The molecule has 2 aromatic rings. The Morgan fingerprint density at radius 3 is 2.47 bits per heavy atom. The van der Waals surface area contributed by atoms with Crippen LogP contribution in [0, 0.1) is 12.7 Å². The van der Waals surface area contributed by atoms with Gasteiger partial charge < -0.3 is 5.32 Å². The smallest absolute Gasteiger partial charge is 0.146 e. The van der Waals surface area contributed by atoms with E-state index in [1.54, 1.807) is 12.1 Å². The summed E-state index contributed by atoms with van der Waals surface area (Å²) in [4.78, 5) is 0. The van der Waals surface area contributed by atoms with E-state index < -0.39 is 0 Å². The van der Waals surface area contributed by atoms with Crippen molar-refractivity contribution in [2.24, 2.45) is 0 Å². The first-order valence-electron chi connectivity index (χ1n) is 6.38. The van der Waals surface area contributed by atoms with Crippen LogP contribution in [0.25, 0.3) is 0 Å². The van der Waals surface area contributed by atoms with Crippen molar-refractivity contribution in [3.8, 4) is 0 Å². The number of aryl methyl sites for hydroxylation is 1. The van der Waals surface area contributed by atoms with E-state index in [0.29, 0.717) is 5.69 Å². The quantitative estimate of drug-likeness (QED) is 0.788. The van der Waals surface area contributed by atoms with Gasteiger partial charge in [-0.25, -0.2) is 4.39 Å². The number of hydrogen-bond donors (Lipinski definition) is 1. The third-order valence-electron chi connectivity index (χ3n) is 3.15. The van der Waals surface area contributed by atoms with Crippen LogP contribution in [0.2, 0.25) is 0 Å². The lowest BCUT2D eigenvalue weighted by Crippen LogP contribution is -2.10. The molecule has 1 N–H and O–H groups in total. The van der Waals surface area contributed by atoms with Gasteiger partial charge in [0.15, 0.2) is 0 Å². The van der Waals surface area contributed by atoms with Crippen LogP contribution in [0.1, 0.15) is 30.5 Å². The molecule has 0 spiro atoms. The second-order valence-electron chi connectivity index (χ2n) is 4.64. The van der Waals surface area contributed by atoms with E-state index >= 15 is 0 Å². The van der Waals surface area contributed by atoms with Gasteiger partial charge in [0, 0.05) is 4.47 Å². The molecule has 1 atom stereocenters. The molecule has 0 aliphatic carbocycles. The van der Waals surface area contributed by atoms with Crippen LogP contribution in [0.3, 0.4) is 0 Å². The summed E-state index contributed by atoms with van der Waals surface area (Å²) >= 11 is 3.37. The molecule has 1 nitrogen and oxygen atoms in total. The normalized spacial score (nSPS) is 12.2. The van der Waals surface area contributed by atoms with Gasteiger partial charge in [-0.15, -0.1) is 0 Å². The third-order valence-corrected chi connectivity index (χ3v) is 3.64. The molecule has 3 heteroatoms. The van der Waals surface area contributed by atoms with Crippen molar-refractivity contribution in [3.63, 3.8) is 0 Å². The highest BCUT2D eigenvalue weighted by molar-refractivity contribution is 9.10. The zero-order valence-electron chi connectivity index (χ0n) is 11.1. The Morgan fingerprint density at radius 1 is 1.16 bits per heavy atom. The van der Waals surface area contributed by atoms with Crippen LogP contribution in [-0.2, 0) is 0 Å². The Labute approximate surface area is 122 Å². The average Bonchev–Trinajstić information content (AvgIpc) is 2.41. The van der Waals surface area contributed by atoms with Crippen molar-refractivity contribution < 1.29 is 4.39 Å². The lowest BCUT2D eigenvalue weighted by atomic mass is 10.0. The average molecular weight is 322 g/mol. The van der Waals surface area contributed by atoms with E-state index in [9.17, 15) is 4.39 Å². The number of anilines is 1. The summed E-state index contributed by atoms with van der Waals surface area (Å²) in [5, 5.41) is 3.27. The van der Waals surface area contributed by atoms with Gasteiger partial charge >= 0.3 is 0 Å². The molecule has 0 saturated heterocycles. The van der Waals surface area contributed by atoms with Crippen molar-refractivity contribution in [1.82, 2.24) is 0 Å². The molecule has 0 aromatic heterocycles. The van der Waals surface area contributed by atoms with Gasteiger partial charge in [0.05, 0.1) is 11.7 Å². The van der Waals surface area contributed by atoms with E-state index in [4.69, 9.17) is 0 Å². The first-order chi connectivity index (χ1) is 9.10. The summed E-state index contributed by atoms with van der Waals surface area (Å²) in [7, 11) is 0. The third kappa shape index (κ3) is 3.57. The summed E-state index contributed by atoms with van der Waals surface area (Å²) in [5.41, 5.74) is 2.93. The summed E-state index contributed by atoms with van der Waals surface area (Å²) in [6.45, 7) is 4.15. The van der Waals surface area contributed by atoms with Crippen LogP contribution in [0.15, 0.2) is 46.9 Å². The van der Waals surface area contributed by atoms with Crippen LogP contribution in [0.4, 0.5) is 10.1 Å². The van der Waals surface area contributed by atoms with Crippen LogP contribution < -0.4 is 5.32 Å². The SMILES string of the molecule is CCC(Nc1cc(Br)ccc1F)c1ccc(C)cc1. The fourth-order valence-corrected chi connectivity index (χ4v) is 2.38. The molecule has 0 fully saturated rings. The fourth-order valence-electron chi connectivity index (χ4n) is 2.02. The number of halogens is 2. The first-order valence-corrected chi connectivity index (χ1v) is 7.17. The second kappa shape index (κ2) is 6.20. The van der Waals surface area contributed by atoms with Gasteiger partial charge in [0.1, 0.15) is 5.82 Å². The minimum absolute atomic E-state index is 0.115. The maximum absolute atomic E-state index is 13.8. The Hall–Kier alpha value is -1.35. The number of hydrogen-bond acceptors (Lipinski definition) is 1. The zero-order valence-corrected chi connectivity index (χ0v) is 12.7. The molecule has 0 amide bonds. The maximum atomic E-state index is 13.8. The molecule has 1 unspecified atom stereocenters. The van der Waals surface area contributed by atoms with Crippen LogP contribution in [0.5, 0.6) is 0 Å². The number of nitrogens with one attached hydrogen (secondary N) is 1. The lowest BCUT2D eigenvalue weighted by Gasteiger charge is -2.19. The molecule has 100 valence electrons. The molecular weight excluding hydrogens is 305 g/mol. The minimum Gasteiger partial charge on any atom is -0.376 e. The Kier molecular flexibility index (Phi) is 4.59. The minimum atomic E-state index is -0.228. The van der Waals surface area contributed by atoms with Gasteiger partial charge in [0.2, 0.25) is 0 Å². The number of benzene rings is 2. The highest BCUT2D eigenvalue weighted by atomic mass is 79.9. The molecule has 19 heavy (non-hydrogen) atoms. The Morgan fingerprint density at radius 2 is 1.84 bits per heavy atom. The highest BCUT2D eigenvalue weighted by Crippen LogP contribution is 2.26. The molecule has 0 aliphatic heterocycles. The van der Waals surface area contributed by atoms with Gasteiger partial charge in [0.25, 0.3) is 0 Å². The largest absolute Gasteiger partial charge is 0.376 e. The second-order valence-corrected chi connectivity index (χ2v) is 5.56. The zero-order chi connectivity index (χ0) is 13.8. The monoisotopic (exact) mass is 321 g/mol. The van der Waals surface area contributed by atoms with Gasteiger partial charge in [-0.1, -0.05) is 52.7 Å². The molecule has 2 rings (SSSR count). The van der Waals surface area contributed by atoms with E-state index in [2.05, 4.69) is 59.4 Å². The summed E-state index contributed by atoms with van der Waals surface area (Å²) in [5.74, 6) is -0.228. The highest BCUT2D eigenvalue weighted by Gasteiger charge is 2.11. The maximum Gasteiger partial charge on any atom is 0.146 e. The summed E-state index contributed by atoms with van der Waals surface area (Å²) in [6, 6.07) is 13.4. The number of rotatable bonds is 4. The lowest BCUT2D eigenvalue weighted by molar-refractivity contribution is 0.623. The van der Waals surface area contributed by atoms with Crippen molar-refractivity contribution in [2.45, 2.75) is 26.3 Å². The molecule has 0 saturated carbocycles. The molecule has 0 radical (unpaired) electrons. The van der Waals surface area contributed by atoms with Crippen molar-refractivity contribution in [1.29, 1.82) is 0 Å². The fraction of sp³-hybridized carbons (Fsp3) is 0.250. The van der Waals surface area contributed by atoms with Crippen molar-refractivity contribution >= 4 is 21.6 Å². The standard InChI is InChI=1S/C16H17BrFN/c1-3-15(12-6-4-11(2)5-7-12)19-16-10-13(17)8-9-14(16)18/h4-10,15,19H,3H2,1-2H3. The van der Waals surface area contributed by atoms with Crippen LogP contribution in [-0.4, -0.2) is 0 Å². The van der Waals surface area contributed by atoms with Crippen molar-refractivity contribution in [2.75, 3.05) is 5.32 Å². The topological polar surface area (TPSA) is 12.0 Å². The van der Waals surface area contributed by atoms with E-state index in [0.717, 1.165) is 10.9 Å². The van der Waals surface area contributed by atoms with Gasteiger partial charge in [-0.3, -0.25) is 0 Å². The molecule has 0 bridgehead atoms. The van der Waals surface area contributed by atoms with Gasteiger partial charge in [-0.2, -0.15) is 0 Å². The van der Waals surface area contributed by atoms with E-state index in [-0.39, 0.29) is 11.9 Å². The Balaban J connectivity index is 2.23. The molecule has 0 heterocycles. The molecule has 0 aliphatic rings. The van der Waals surface area contributed by atoms with Crippen LogP contribution >= 0.6 is 15.9 Å². The summed E-state index contributed by atoms with van der Waals surface area (Å²) in [6.07, 6.45) is 0.898. The predicted molar refractivity (Wildman–Crippen MR) is 81.9 cm³/mol.